The Balaban J connectivity index is 1.12. The van der Waals surface area contributed by atoms with Gasteiger partial charge in [0.1, 0.15) is 11.2 Å². The molecule has 238 valence electrons. The molecule has 0 bridgehead atoms. The summed E-state index contributed by atoms with van der Waals surface area (Å²) in [6.07, 6.45) is 0. The zero-order chi connectivity index (χ0) is 33.6. The minimum absolute atomic E-state index is 0.912. The zero-order valence-corrected chi connectivity index (χ0v) is 28.1. The van der Waals surface area contributed by atoms with Crippen LogP contribution in [0, 0.1) is 13.8 Å². The normalized spacial score (nSPS) is 11.4. The van der Waals surface area contributed by atoms with Crippen LogP contribution < -0.4 is 4.90 Å². The van der Waals surface area contributed by atoms with Crippen molar-refractivity contribution in [1.29, 1.82) is 0 Å². The lowest BCUT2D eigenvalue weighted by Gasteiger charge is -2.28. The van der Waals surface area contributed by atoms with Gasteiger partial charge >= 0.3 is 0 Å². The molecule has 0 aliphatic rings. The van der Waals surface area contributed by atoms with Gasteiger partial charge < -0.3 is 9.32 Å². The van der Waals surface area contributed by atoms with Gasteiger partial charge in [0.05, 0.1) is 5.69 Å². The Morgan fingerprint density at radius 1 is 0.380 bits per heavy atom. The lowest BCUT2D eigenvalue weighted by atomic mass is 9.93. The van der Waals surface area contributed by atoms with Crippen LogP contribution in [0.1, 0.15) is 11.1 Å². The summed E-state index contributed by atoms with van der Waals surface area (Å²) in [5.41, 5.74) is 15.0. The topological polar surface area (TPSA) is 16.4 Å². The second-order valence-corrected chi connectivity index (χ2v) is 13.1. The van der Waals surface area contributed by atoms with Gasteiger partial charge in [0.25, 0.3) is 0 Å². The van der Waals surface area contributed by atoms with Gasteiger partial charge in [0.15, 0.2) is 0 Å². The molecule has 0 unspecified atom stereocenters. The second-order valence-electron chi connectivity index (χ2n) is 13.1. The molecule has 0 N–H and O–H groups in total. The molecular formula is C48H35NO. The van der Waals surface area contributed by atoms with E-state index in [1.807, 2.05) is 12.1 Å². The number of rotatable bonds is 6. The maximum absolute atomic E-state index is 6.10. The number of hydrogen-bond donors (Lipinski definition) is 0. The lowest BCUT2D eigenvalue weighted by Crippen LogP contribution is -2.11. The Labute approximate surface area is 292 Å². The smallest absolute Gasteiger partial charge is 0.135 e. The van der Waals surface area contributed by atoms with Crippen LogP contribution in [-0.2, 0) is 0 Å². The highest BCUT2D eigenvalue weighted by atomic mass is 16.3. The third kappa shape index (κ3) is 5.23. The predicted octanol–water partition coefficient (Wildman–Crippen LogP) is 13.8. The SMILES string of the molecule is Cc1cc(-c2ccccc2)ccc1-c1ccc(N(c2ccc(-c3ccc4oc5ccccc5c4c3)cc2)c2cccc3ccccc23)cc1C. The Morgan fingerprint density at radius 3 is 1.76 bits per heavy atom. The van der Waals surface area contributed by atoms with Gasteiger partial charge in [-0.25, -0.2) is 0 Å². The molecule has 0 amide bonds. The van der Waals surface area contributed by atoms with Gasteiger partial charge in [-0.1, -0.05) is 127 Å². The third-order valence-electron chi connectivity index (χ3n) is 9.93. The highest BCUT2D eigenvalue weighted by molar-refractivity contribution is 6.06. The first-order chi connectivity index (χ1) is 24.6. The van der Waals surface area contributed by atoms with Gasteiger partial charge in [-0.2, -0.15) is 0 Å². The molecule has 0 atom stereocenters. The number of hydrogen-bond acceptors (Lipinski definition) is 2. The van der Waals surface area contributed by atoms with Crippen molar-refractivity contribution in [3.63, 3.8) is 0 Å². The van der Waals surface area contributed by atoms with Crippen molar-refractivity contribution in [2.45, 2.75) is 13.8 Å². The first-order valence-electron chi connectivity index (χ1n) is 17.2. The molecule has 0 spiro atoms. The fourth-order valence-corrected chi connectivity index (χ4v) is 7.40. The van der Waals surface area contributed by atoms with Gasteiger partial charge in [0, 0.05) is 27.5 Å². The van der Waals surface area contributed by atoms with E-state index in [0.29, 0.717) is 0 Å². The average molecular weight is 642 g/mol. The van der Waals surface area contributed by atoms with E-state index in [2.05, 4.69) is 183 Å². The summed E-state index contributed by atoms with van der Waals surface area (Å²) >= 11 is 0. The van der Waals surface area contributed by atoms with E-state index in [-0.39, 0.29) is 0 Å². The molecular weight excluding hydrogens is 607 g/mol. The number of para-hydroxylation sites is 1. The second kappa shape index (κ2) is 12.3. The number of fused-ring (bicyclic) bond motifs is 4. The van der Waals surface area contributed by atoms with Crippen molar-refractivity contribution in [2.24, 2.45) is 0 Å². The molecule has 0 radical (unpaired) electrons. The number of aryl methyl sites for hydroxylation is 2. The molecule has 0 saturated carbocycles. The summed E-state index contributed by atoms with van der Waals surface area (Å²) in [4.78, 5) is 2.39. The number of furan rings is 1. The minimum atomic E-state index is 0.912. The highest BCUT2D eigenvalue weighted by Gasteiger charge is 2.18. The molecule has 8 aromatic carbocycles. The predicted molar refractivity (Wildman–Crippen MR) is 212 cm³/mol. The van der Waals surface area contributed by atoms with Crippen LogP contribution in [0.25, 0.3) is 66.1 Å². The van der Waals surface area contributed by atoms with E-state index < -0.39 is 0 Å². The Morgan fingerprint density at radius 2 is 0.960 bits per heavy atom. The number of anilines is 3. The molecule has 0 fully saturated rings. The summed E-state index contributed by atoms with van der Waals surface area (Å²) in [5.74, 6) is 0. The minimum Gasteiger partial charge on any atom is -0.456 e. The summed E-state index contributed by atoms with van der Waals surface area (Å²) in [6, 6.07) is 63.2. The zero-order valence-electron chi connectivity index (χ0n) is 28.1. The highest BCUT2D eigenvalue weighted by Crippen LogP contribution is 2.42. The van der Waals surface area contributed by atoms with Crippen LogP contribution in [-0.4, -0.2) is 0 Å². The van der Waals surface area contributed by atoms with Crippen molar-refractivity contribution in [3.8, 4) is 33.4 Å². The van der Waals surface area contributed by atoms with Crippen molar-refractivity contribution >= 4 is 49.8 Å². The van der Waals surface area contributed by atoms with Crippen molar-refractivity contribution in [3.05, 3.63) is 187 Å². The van der Waals surface area contributed by atoms with Gasteiger partial charge in [0.2, 0.25) is 0 Å². The Hall–Kier alpha value is -6.38. The summed E-state index contributed by atoms with van der Waals surface area (Å²) in [7, 11) is 0. The molecule has 9 aromatic rings. The molecule has 2 heteroatoms. The van der Waals surface area contributed by atoms with Crippen LogP contribution in [0.5, 0.6) is 0 Å². The maximum Gasteiger partial charge on any atom is 0.135 e. The van der Waals surface area contributed by atoms with E-state index in [9.17, 15) is 0 Å². The van der Waals surface area contributed by atoms with E-state index >= 15 is 0 Å². The third-order valence-corrected chi connectivity index (χ3v) is 9.93. The first-order valence-corrected chi connectivity index (χ1v) is 17.2. The standard InChI is InChI=1S/C48H35NO/c1-32-29-37(34-11-4-3-5-12-34)21-26-41(32)42-27-25-40(30-33(42)2)49(46-17-10-14-36-13-6-7-15-43(36)46)39-23-19-35(20-24-39)38-22-28-48-45(31-38)44-16-8-9-18-47(44)50-48/h3-31H,1-2H3. The van der Waals surface area contributed by atoms with E-state index in [1.54, 1.807) is 0 Å². The molecule has 0 aliphatic heterocycles. The van der Waals surface area contributed by atoms with Gasteiger partial charge in [-0.15, -0.1) is 0 Å². The fraction of sp³-hybridized carbons (Fsp3) is 0.0417. The quantitative estimate of drug-likeness (QED) is 0.180. The summed E-state index contributed by atoms with van der Waals surface area (Å²) in [5, 5.41) is 4.71. The first kappa shape index (κ1) is 29.7. The number of nitrogens with zero attached hydrogens (tertiary/aromatic N) is 1. The van der Waals surface area contributed by atoms with Crippen LogP contribution in [0.3, 0.4) is 0 Å². The maximum atomic E-state index is 6.10. The molecule has 1 heterocycles. The molecule has 0 aliphatic carbocycles. The van der Waals surface area contributed by atoms with E-state index in [0.717, 1.165) is 39.0 Å². The lowest BCUT2D eigenvalue weighted by molar-refractivity contribution is 0.669. The average Bonchev–Trinajstić information content (AvgIpc) is 3.54. The summed E-state index contributed by atoms with van der Waals surface area (Å²) in [6.45, 7) is 4.44. The van der Waals surface area contributed by atoms with E-state index in [1.165, 1.54) is 55.3 Å². The van der Waals surface area contributed by atoms with Crippen molar-refractivity contribution in [1.82, 2.24) is 0 Å². The molecule has 0 saturated heterocycles. The molecule has 2 nitrogen and oxygen atoms in total. The van der Waals surface area contributed by atoms with Crippen LogP contribution in [0.4, 0.5) is 17.1 Å². The molecule has 50 heavy (non-hydrogen) atoms. The molecule has 1 aromatic heterocycles. The van der Waals surface area contributed by atoms with Crippen molar-refractivity contribution in [2.75, 3.05) is 4.90 Å². The van der Waals surface area contributed by atoms with Gasteiger partial charge in [-0.3, -0.25) is 0 Å². The van der Waals surface area contributed by atoms with Crippen LogP contribution >= 0.6 is 0 Å². The van der Waals surface area contributed by atoms with Crippen LogP contribution in [0.15, 0.2) is 180 Å². The largest absolute Gasteiger partial charge is 0.456 e. The molecule has 9 rings (SSSR count). The number of benzene rings is 8. The monoisotopic (exact) mass is 641 g/mol. The van der Waals surface area contributed by atoms with Crippen LogP contribution in [0.2, 0.25) is 0 Å². The van der Waals surface area contributed by atoms with Gasteiger partial charge in [-0.05, 0) is 112 Å². The Bertz CT molecular complexity index is 2660. The van der Waals surface area contributed by atoms with E-state index in [4.69, 9.17) is 4.42 Å². The van der Waals surface area contributed by atoms with Crippen molar-refractivity contribution < 1.29 is 4.42 Å². The Kier molecular flexibility index (Phi) is 7.29. The summed E-state index contributed by atoms with van der Waals surface area (Å²) < 4.78 is 6.10. The fourth-order valence-electron chi connectivity index (χ4n) is 7.40.